The lowest BCUT2D eigenvalue weighted by atomic mass is 10.3. The van der Waals surface area contributed by atoms with Crippen molar-refractivity contribution in [1.29, 1.82) is 0 Å². The molecule has 0 saturated heterocycles. The highest BCUT2D eigenvalue weighted by Crippen LogP contribution is 2.44. The van der Waals surface area contributed by atoms with Crippen LogP contribution in [0.3, 0.4) is 0 Å². The monoisotopic (exact) mass is 238 g/mol. The molecule has 0 aromatic rings. The van der Waals surface area contributed by atoms with Crippen molar-refractivity contribution in [2.75, 3.05) is 12.8 Å². The standard InChI is InChI=1S/C9H19O5P/c1-4-8(2)14-15(11,12)7-5-6-13-9(3)10/h8H,4-7H2,1-3H3,(H,11,12). The summed E-state index contributed by atoms with van der Waals surface area (Å²) in [4.78, 5) is 19.8. The van der Waals surface area contributed by atoms with Crippen molar-refractivity contribution in [3.63, 3.8) is 0 Å². The zero-order valence-electron chi connectivity index (χ0n) is 9.43. The summed E-state index contributed by atoms with van der Waals surface area (Å²) in [5.74, 6) is -0.384. The summed E-state index contributed by atoms with van der Waals surface area (Å²) in [6.07, 6.45) is 0.817. The van der Waals surface area contributed by atoms with Gasteiger partial charge in [-0.15, -0.1) is 0 Å². The van der Waals surface area contributed by atoms with E-state index >= 15 is 0 Å². The molecule has 15 heavy (non-hydrogen) atoms. The highest BCUT2D eigenvalue weighted by Gasteiger charge is 2.21. The van der Waals surface area contributed by atoms with Gasteiger partial charge in [-0.1, -0.05) is 6.92 Å². The first kappa shape index (κ1) is 14.6. The Morgan fingerprint density at radius 1 is 1.53 bits per heavy atom. The van der Waals surface area contributed by atoms with Crippen molar-refractivity contribution in [1.82, 2.24) is 0 Å². The zero-order valence-corrected chi connectivity index (χ0v) is 10.3. The molecule has 0 spiro atoms. The van der Waals surface area contributed by atoms with Crippen LogP contribution >= 0.6 is 7.60 Å². The van der Waals surface area contributed by atoms with Gasteiger partial charge in [-0.3, -0.25) is 9.36 Å². The SMILES string of the molecule is CCC(C)OP(=O)(O)CCCOC(C)=O. The van der Waals surface area contributed by atoms with Crippen molar-refractivity contribution < 1.29 is 23.5 Å². The number of esters is 1. The Morgan fingerprint density at radius 2 is 2.13 bits per heavy atom. The van der Waals surface area contributed by atoms with Crippen LogP contribution in [0.15, 0.2) is 0 Å². The Morgan fingerprint density at radius 3 is 2.60 bits per heavy atom. The molecule has 0 aliphatic carbocycles. The number of carbonyl (C=O) groups excluding carboxylic acids is 1. The van der Waals surface area contributed by atoms with Gasteiger partial charge < -0.3 is 14.2 Å². The summed E-state index contributed by atoms with van der Waals surface area (Å²) < 4.78 is 21.0. The summed E-state index contributed by atoms with van der Waals surface area (Å²) in [6.45, 7) is 5.08. The minimum atomic E-state index is -3.52. The smallest absolute Gasteiger partial charge is 0.328 e. The molecular formula is C9H19O5P. The molecule has 90 valence electrons. The highest BCUT2D eigenvalue weighted by molar-refractivity contribution is 7.52. The molecule has 0 radical (unpaired) electrons. The van der Waals surface area contributed by atoms with E-state index < -0.39 is 7.60 Å². The summed E-state index contributed by atoms with van der Waals surface area (Å²) in [6, 6.07) is 0. The molecule has 0 rings (SSSR count). The van der Waals surface area contributed by atoms with Gasteiger partial charge in [-0.2, -0.15) is 0 Å². The average Bonchev–Trinajstić information content (AvgIpc) is 2.11. The van der Waals surface area contributed by atoms with Crippen LogP contribution in [0.2, 0.25) is 0 Å². The quantitative estimate of drug-likeness (QED) is 0.417. The predicted octanol–water partition coefficient (Wildman–Crippen LogP) is 1.94. The summed E-state index contributed by atoms with van der Waals surface area (Å²) >= 11 is 0. The highest BCUT2D eigenvalue weighted by atomic mass is 31.2. The van der Waals surface area contributed by atoms with Crippen LogP contribution in [0.4, 0.5) is 0 Å². The van der Waals surface area contributed by atoms with Gasteiger partial charge in [0.2, 0.25) is 0 Å². The van der Waals surface area contributed by atoms with E-state index in [0.717, 1.165) is 0 Å². The molecule has 0 aliphatic rings. The maximum atomic E-state index is 11.4. The van der Waals surface area contributed by atoms with Crippen LogP contribution in [0.5, 0.6) is 0 Å². The fourth-order valence-electron chi connectivity index (χ4n) is 0.889. The molecule has 0 aliphatic heterocycles. The molecule has 0 aromatic carbocycles. The number of ether oxygens (including phenoxy) is 1. The molecule has 6 heteroatoms. The van der Waals surface area contributed by atoms with E-state index in [2.05, 4.69) is 4.74 Å². The first-order chi connectivity index (χ1) is 6.87. The van der Waals surface area contributed by atoms with Gasteiger partial charge in [0.25, 0.3) is 0 Å². The molecule has 0 saturated carbocycles. The van der Waals surface area contributed by atoms with Gasteiger partial charge in [0, 0.05) is 6.92 Å². The number of hydrogen-bond acceptors (Lipinski definition) is 4. The molecule has 0 bridgehead atoms. The largest absolute Gasteiger partial charge is 0.466 e. The lowest BCUT2D eigenvalue weighted by Gasteiger charge is -2.16. The maximum absolute atomic E-state index is 11.4. The van der Waals surface area contributed by atoms with Crippen molar-refractivity contribution >= 4 is 13.6 Å². The van der Waals surface area contributed by atoms with Crippen LogP contribution in [0, 0.1) is 0 Å². The number of rotatable bonds is 7. The van der Waals surface area contributed by atoms with Gasteiger partial charge in [-0.05, 0) is 19.8 Å². The van der Waals surface area contributed by atoms with Crippen molar-refractivity contribution in [3.05, 3.63) is 0 Å². The van der Waals surface area contributed by atoms with Gasteiger partial charge in [-0.25, -0.2) is 0 Å². The fourth-order valence-corrected chi connectivity index (χ4v) is 2.23. The first-order valence-corrected chi connectivity index (χ1v) is 6.77. The minimum Gasteiger partial charge on any atom is -0.466 e. The fraction of sp³-hybridized carbons (Fsp3) is 0.889. The van der Waals surface area contributed by atoms with Crippen LogP contribution in [-0.4, -0.2) is 29.7 Å². The first-order valence-electron chi connectivity index (χ1n) is 5.01. The molecule has 0 amide bonds. The third-order valence-corrected chi connectivity index (χ3v) is 3.38. The van der Waals surface area contributed by atoms with E-state index in [-0.39, 0.29) is 24.8 Å². The van der Waals surface area contributed by atoms with E-state index in [1.54, 1.807) is 6.92 Å². The Labute approximate surface area is 90.3 Å². The Hall–Kier alpha value is -0.380. The molecule has 0 aromatic heterocycles. The second-order valence-corrected chi connectivity index (χ2v) is 5.31. The van der Waals surface area contributed by atoms with E-state index in [4.69, 9.17) is 4.52 Å². The third kappa shape index (κ3) is 8.60. The van der Waals surface area contributed by atoms with Gasteiger partial charge in [0.05, 0.1) is 18.9 Å². The van der Waals surface area contributed by atoms with E-state index in [9.17, 15) is 14.3 Å². The maximum Gasteiger partial charge on any atom is 0.328 e. The van der Waals surface area contributed by atoms with Crippen molar-refractivity contribution in [2.24, 2.45) is 0 Å². The Bertz CT molecular complexity index is 241. The van der Waals surface area contributed by atoms with E-state index in [0.29, 0.717) is 12.8 Å². The lowest BCUT2D eigenvalue weighted by Crippen LogP contribution is -2.08. The third-order valence-electron chi connectivity index (χ3n) is 1.81. The second kappa shape index (κ2) is 6.99. The minimum absolute atomic E-state index is 0.0185. The zero-order chi connectivity index (χ0) is 11.9. The summed E-state index contributed by atoms with van der Waals surface area (Å²) in [5.41, 5.74) is 0. The average molecular weight is 238 g/mol. The van der Waals surface area contributed by atoms with Crippen molar-refractivity contribution in [3.8, 4) is 0 Å². The summed E-state index contributed by atoms with van der Waals surface area (Å²) in [5, 5.41) is 0. The topological polar surface area (TPSA) is 72.8 Å². The van der Waals surface area contributed by atoms with Crippen molar-refractivity contribution in [2.45, 2.75) is 39.7 Å². The lowest BCUT2D eigenvalue weighted by molar-refractivity contribution is -0.140. The van der Waals surface area contributed by atoms with Crippen LogP contribution in [0.1, 0.15) is 33.6 Å². The molecule has 0 heterocycles. The van der Waals surface area contributed by atoms with Gasteiger partial charge in [0.1, 0.15) is 0 Å². The van der Waals surface area contributed by atoms with Crippen LogP contribution in [0.25, 0.3) is 0 Å². The predicted molar refractivity (Wildman–Crippen MR) is 56.8 cm³/mol. The molecule has 0 fully saturated rings. The molecule has 2 atom stereocenters. The van der Waals surface area contributed by atoms with Gasteiger partial charge >= 0.3 is 13.6 Å². The normalized spacial score (nSPS) is 16.8. The van der Waals surface area contributed by atoms with Crippen LogP contribution < -0.4 is 0 Å². The molecule has 5 nitrogen and oxygen atoms in total. The number of hydrogen-bond donors (Lipinski definition) is 1. The molecule has 2 unspecified atom stereocenters. The van der Waals surface area contributed by atoms with E-state index in [1.165, 1.54) is 6.92 Å². The Balaban J connectivity index is 3.74. The summed E-state index contributed by atoms with van der Waals surface area (Å²) in [7, 11) is -3.52. The molecular weight excluding hydrogens is 219 g/mol. The van der Waals surface area contributed by atoms with E-state index in [1.807, 2.05) is 6.92 Å². The van der Waals surface area contributed by atoms with Gasteiger partial charge in [0.15, 0.2) is 0 Å². The number of carbonyl (C=O) groups is 1. The molecule has 1 N–H and O–H groups in total. The second-order valence-electron chi connectivity index (χ2n) is 3.38. The van der Waals surface area contributed by atoms with Crippen LogP contribution in [-0.2, 0) is 18.6 Å². The Kier molecular flexibility index (Phi) is 6.81.